The SMILES string of the molecule is CC(NCC1CCCC(O)C1)c1ccc(F)c(Cl)c1. The highest BCUT2D eigenvalue weighted by atomic mass is 35.5. The molecule has 1 saturated carbocycles. The fourth-order valence-electron chi connectivity index (χ4n) is 2.69. The zero-order valence-corrected chi connectivity index (χ0v) is 12.0. The van der Waals surface area contributed by atoms with E-state index in [-0.39, 0.29) is 23.0 Å². The molecule has 0 bridgehead atoms. The molecule has 0 heterocycles. The summed E-state index contributed by atoms with van der Waals surface area (Å²) in [5.41, 5.74) is 0.989. The lowest BCUT2D eigenvalue weighted by Gasteiger charge is -2.27. The van der Waals surface area contributed by atoms with Gasteiger partial charge in [0.25, 0.3) is 0 Å². The van der Waals surface area contributed by atoms with Crippen LogP contribution in [0.5, 0.6) is 0 Å². The Labute approximate surface area is 119 Å². The average Bonchev–Trinajstić information content (AvgIpc) is 2.39. The molecule has 0 amide bonds. The lowest BCUT2D eigenvalue weighted by molar-refractivity contribution is 0.0998. The average molecular weight is 286 g/mol. The molecule has 3 atom stereocenters. The second kappa shape index (κ2) is 6.69. The van der Waals surface area contributed by atoms with E-state index in [2.05, 4.69) is 5.32 Å². The maximum atomic E-state index is 13.1. The Hall–Kier alpha value is -0.640. The van der Waals surface area contributed by atoms with Crippen LogP contribution < -0.4 is 5.32 Å². The fourth-order valence-corrected chi connectivity index (χ4v) is 2.88. The highest BCUT2D eigenvalue weighted by Crippen LogP contribution is 2.25. The molecule has 0 spiro atoms. The normalized spacial score (nSPS) is 25.3. The molecule has 1 fully saturated rings. The predicted octanol–water partition coefficient (Wildman–Crippen LogP) is 3.68. The Morgan fingerprint density at radius 3 is 2.95 bits per heavy atom. The van der Waals surface area contributed by atoms with Crippen LogP contribution in [0.15, 0.2) is 18.2 Å². The Morgan fingerprint density at radius 2 is 2.26 bits per heavy atom. The number of halogens is 2. The van der Waals surface area contributed by atoms with Crippen molar-refractivity contribution in [3.8, 4) is 0 Å². The van der Waals surface area contributed by atoms with Crippen molar-refractivity contribution < 1.29 is 9.50 Å². The number of hydrogen-bond donors (Lipinski definition) is 2. The van der Waals surface area contributed by atoms with E-state index in [1.165, 1.54) is 12.5 Å². The van der Waals surface area contributed by atoms with Crippen LogP contribution in [0.2, 0.25) is 5.02 Å². The van der Waals surface area contributed by atoms with E-state index in [9.17, 15) is 9.50 Å². The van der Waals surface area contributed by atoms with Gasteiger partial charge in [0, 0.05) is 6.04 Å². The van der Waals surface area contributed by atoms with Gasteiger partial charge in [-0.25, -0.2) is 4.39 Å². The minimum atomic E-state index is -0.381. The van der Waals surface area contributed by atoms with Crippen molar-refractivity contribution in [2.24, 2.45) is 5.92 Å². The third-order valence-corrected chi connectivity index (χ3v) is 4.20. The van der Waals surface area contributed by atoms with Gasteiger partial charge >= 0.3 is 0 Å². The van der Waals surface area contributed by atoms with Gasteiger partial charge in [-0.1, -0.05) is 24.1 Å². The van der Waals surface area contributed by atoms with Crippen LogP contribution in [0.1, 0.15) is 44.2 Å². The van der Waals surface area contributed by atoms with Crippen LogP contribution in [0.4, 0.5) is 4.39 Å². The summed E-state index contributed by atoms with van der Waals surface area (Å²) in [6, 6.07) is 4.97. The van der Waals surface area contributed by atoms with E-state index in [0.29, 0.717) is 5.92 Å². The minimum Gasteiger partial charge on any atom is -0.393 e. The third kappa shape index (κ3) is 4.16. The lowest BCUT2D eigenvalue weighted by atomic mass is 9.87. The monoisotopic (exact) mass is 285 g/mol. The van der Waals surface area contributed by atoms with Crippen molar-refractivity contribution in [2.45, 2.75) is 44.8 Å². The maximum absolute atomic E-state index is 13.1. The molecule has 1 aromatic rings. The summed E-state index contributed by atoms with van der Waals surface area (Å²) in [4.78, 5) is 0. The van der Waals surface area contributed by atoms with E-state index in [1.807, 2.05) is 6.92 Å². The smallest absolute Gasteiger partial charge is 0.141 e. The van der Waals surface area contributed by atoms with Crippen LogP contribution in [-0.4, -0.2) is 17.8 Å². The number of hydrogen-bond acceptors (Lipinski definition) is 2. The highest BCUT2D eigenvalue weighted by Gasteiger charge is 2.20. The van der Waals surface area contributed by atoms with E-state index >= 15 is 0 Å². The molecule has 0 aromatic heterocycles. The van der Waals surface area contributed by atoms with Gasteiger partial charge in [0.05, 0.1) is 11.1 Å². The Bertz CT molecular complexity index is 427. The summed E-state index contributed by atoms with van der Waals surface area (Å²) in [7, 11) is 0. The molecule has 0 radical (unpaired) electrons. The van der Waals surface area contributed by atoms with Crippen LogP contribution in [0.3, 0.4) is 0 Å². The summed E-state index contributed by atoms with van der Waals surface area (Å²) in [5, 5.41) is 13.3. The first-order chi connectivity index (χ1) is 9.06. The Balaban J connectivity index is 1.86. The molecule has 106 valence electrons. The Morgan fingerprint density at radius 1 is 1.47 bits per heavy atom. The van der Waals surface area contributed by atoms with Crippen molar-refractivity contribution in [1.29, 1.82) is 0 Å². The molecule has 1 aliphatic carbocycles. The molecule has 2 N–H and O–H groups in total. The van der Waals surface area contributed by atoms with Crippen molar-refractivity contribution in [3.05, 3.63) is 34.6 Å². The van der Waals surface area contributed by atoms with Gasteiger partial charge in [-0.15, -0.1) is 0 Å². The molecule has 1 aromatic carbocycles. The quantitative estimate of drug-likeness (QED) is 0.884. The molecule has 0 aliphatic heterocycles. The molecular weight excluding hydrogens is 265 g/mol. The number of aliphatic hydroxyl groups is 1. The van der Waals surface area contributed by atoms with Crippen molar-refractivity contribution in [2.75, 3.05) is 6.54 Å². The van der Waals surface area contributed by atoms with E-state index in [4.69, 9.17) is 11.6 Å². The molecule has 3 unspecified atom stereocenters. The first-order valence-corrected chi connectivity index (χ1v) is 7.30. The van der Waals surface area contributed by atoms with Crippen LogP contribution in [0, 0.1) is 11.7 Å². The van der Waals surface area contributed by atoms with E-state index < -0.39 is 0 Å². The Kier molecular flexibility index (Phi) is 5.20. The zero-order valence-electron chi connectivity index (χ0n) is 11.2. The lowest BCUT2D eigenvalue weighted by Crippen LogP contribution is -2.30. The van der Waals surface area contributed by atoms with Crippen LogP contribution >= 0.6 is 11.6 Å². The number of nitrogens with one attached hydrogen (secondary N) is 1. The second-order valence-corrected chi connectivity index (χ2v) is 5.90. The van der Waals surface area contributed by atoms with E-state index in [1.54, 1.807) is 12.1 Å². The maximum Gasteiger partial charge on any atom is 0.141 e. The molecule has 2 rings (SSSR count). The summed E-state index contributed by atoms with van der Waals surface area (Å²) in [5.74, 6) is 0.148. The predicted molar refractivity (Wildman–Crippen MR) is 75.8 cm³/mol. The fraction of sp³-hybridized carbons (Fsp3) is 0.600. The molecule has 19 heavy (non-hydrogen) atoms. The number of aliphatic hydroxyl groups excluding tert-OH is 1. The molecule has 4 heteroatoms. The van der Waals surface area contributed by atoms with Gasteiger partial charge in [0.1, 0.15) is 5.82 Å². The van der Waals surface area contributed by atoms with Crippen LogP contribution in [0.25, 0.3) is 0 Å². The van der Waals surface area contributed by atoms with Crippen molar-refractivity contribution in [1.82, 2.24) is 5.32 Å². The van der Waals surface area contributed by atoms with Crippen LogP contribution in [-0.2, 0) is 0 Å². The first kappa shape index (κ1) is 14.8. The third-order valence-electron chi connectivity index (χ3n) is 3.91. The van der Waals surface area contributed by atoms with Crippen molar-refractivity contribution >= 4 is 11.6 Å². The summed E-state index contributed by atoms with van der Waals surface area (Å²) < 4.78 is 13.1. The van der Waals surface area contributed by atoms with Gasteiger partial charge in [-0.05, 0) is 56.3 Å². The second-order valence-electron chi connectivity index (χ2n) is 5.49. The van der Waals surface area contributed by atoms with Gasteiger partial charge in [-0.3, -0.25) is 0 Å². The molecule has 2 nitrogen and oxygen atoms in total. The molecule has 1 aliphatic rings. The van der Waals surface area contributed by atoms with Gasteiger partial charge < -0.3 is 10.4 Å². The molecule has 0 saturated heterocycles. The van der Waals surface area contributed by atoms with Gasteiger partial charge in [0.15, 0.2) is 0 Å². The summed E-state index contributed by atoms with van der Waals surface area (Å²) in [6.45, 7) is 2.93. The largest absolute Gasteiger partial charge is 0.393 e. The standard InChI is InChI=1S/C15H21ClFNO/c1-10(12-5-6-15(17)14(16)8-12)18-9-11-3-2-4-13(19)7-11/h5-6,8,10-11,13,18-19H,2-4,7,9H2,1H3. The zero-order chi connectivity index (χ0) is 13.8. The van der Waals surface area contributed by atoms with Gasteiger partial charge in [0.2, 0.25) is 0 Å². The van der Waals surface area contributed by atoms with Gasteiger partial charge in [-0.2, -0.15) is 0 Å². The first-order valence-electron chi connectivity index (χ1n) is 6.92. The minimum absolute atomic E-state index is 0.136. The van der Waals surface area contributed by atoms with E-state index in [0.717, 1.165) is 31.4 Å². The van der Waals surface area contributed by atoms with Crippen molar-refractivity contribution in [3.63, 3.8) is 0 Å². The highest BCUT2D eigenvalue weighted by molar-refractivity contribution is 6.30. The topological polar surface area (TPSA) is 32.3 Å². The number of rotatable bonds is 4. The number of benzene rings is 1. The summed E-state index contributed by atoms with van der Waals surface area (Å²) >= 11 is 5.79. The summed E-state index contributed by atoms with van der Waals surface area (Å²) in [6.07, 6.45) is 3.94. The molecular formula is C15H21ClFNO.